The number of carbonyl (C=O) groups is 2. The van der Waals surface area contributed by atoms with Crippen LogP contribution >= 0.6 is 11.6 Å². The molecule has 1 aromatic carbocycles. The average Bonchev–Trinajstić information content (AvgIpc) is 3.27. The third kappa shape index (κ3) is 4.68. The first-order valence-electron chi connectivity index (χ1n) is 8.92. The molecule has 1 N–H and O–H groups in total. The predicted molar refractivity (Wildman–Crippen MR) is 107 cm³/mol. The van der Waals surface area contributed by atoms with Crippen molar-refractivity contribution in [2.75, 3.05) is 5.32 Å². The Labute approximate surface area is 172 Å². The molecule has 3 aromatic rings. The number of aryl methyl sites for hydroxylation is 1. The number of hydrogen-bond acceptors (Lipinski definition) is 4. The molecule has 0 unspecified atom stereocenters. The predicted octanol–water partition coefficient (Wildman–Crippen LogP) is 4.72. The molecule has 0 spiro atoms. The SMILES string of the molecule is Cc1cc(C(=O)O[C@@H](C)C(=O)Nc2ccc(Cl)cc2F)c(C)n1Cc1ccco1. The Bertz CT molecular complexity index is 1040. The Balaban J connectivity index is 1.68. The van der Waals surface area contributed by atoms with Crippen molar-refractivity contribution in [1.82, 2.24) is 4.57 Å². The number of amides is 1. The lowest BCUT2D eigenvalue weighted by molar-refractivity contribution is -0.123. The van der Waals surface area contributed by atoms with E-state index < -0.39 is 23.8 Å². The van der Waals surface area contributed by atoms with Crippen LogP contribution in [0.2, 0.25) is 5.02 Å². The van der Waals surface area contributed by atoms with E-state index in [0.29, 0.717) is 17.8 Å². The molecule has 0 aliphatic heterocycles. The largest absolute Gasteiger partial charge is 0.467 e. The Morgan fingerprint density at radius 1 is 1.28 bits per heavy atom. The minimum atomic E-state index is -1.12. The molecule has 0 bridgehead atoms. The first-order chi connectivity index (χ1) is 13.8. The van der Waals surface area contributed by atoms with E-state index in [1.54, 1.807) is 25.3 Å². The second-order valence-corrected chi connectivity index (χ2v) is 7.05. The van der Waals surface area contributed by atoms with Gasteiger partial charge in [-0.25, -0.2) is 9.18 Å². The molecule has 6 nitrogen and oxygen atoms in total. The molecular formula is C21H20ClFN2O4. The number of ether oxygens (including phenoxy) is 1. The van der Waals surface area contributed by atoms with Crippen LogP contribution in [-0.4, -0.2) is 22.5 Å². The van der Waals surface area contributed by atoms with Gasteiger partial charge < -0.3 is 19.0 Å². The molecule has 2 aromatic heterocycles. The lowest BCUT2D eigenvalue weighted by Crippen LogP contribution is -2.30. The minimum Gasteiger partial charge on any atom is -0.467 e. The highest BCUT2D eigenvalue weighted by atomic mass is 35.5. The van der Waals surface area contributed by atoms with Crippen molar-refractivity contribution >= 4 is 29.2 Å². The number of benzene rings is 1. The topological polar surface area (TPSA) is 73.5 Å². The molecule has 2 heterocycles. The molecule has 1 atom stereocenters. The molecule has 29 heavy (non-hydrogen) atoms. The van der Waals surface area contributed by atoms with Crippen LogP contribution in [0.25, 0.3) is 0 Å². The third-order valence-electron chi connectivity index (χ3n) is 4.53. The summed E-state index contributed by atoms with van der Waals surface area (Å²) in [5.74, 6) is -1.21. The monoisotopic (exact) mass is 418 g/mol. The van der Waals surface area contributed by atoms with Gasteiger partial charge in [-0.05, 0) is 57.2 Å². The maximum absolute atomic E-state index is 13.8. The van der Waals surface area contributed by atoms with E-state index in [9.17, 15) is 14.0 Å². The Morgan fingerprint density at radius 2 is 2.03 bits per heavy atom. The van der Waals surface area contributed by atoms with Crippen molar-refractivity contribution in [3.8, 4) is 0 Å². The summed E-state index contributed by atoms with van der Waals surface area (Å²) in [6.45, 7) is 5.56. The molecule has 0 saturated heterocycles. The minimum absolute atomic E-state index is 0.0427. The summed E-state index contributed by atoms with van der Waals surface area (Å²) in [6, 6.07) is 9.21. The summed E-state index contributed by atoms with van der Waals surface area (Å²) in [5, 5.41) is 2.60. The van der Waals surface area contributed by atoms with Gasteiger partial charge in [-0.2, -0.15) is 0 Å². The summed E-state index contributed by atoms with van der Waals surface area (Å²) >= 11 is 5.70. The van der Waals surface area contributed by atoms with Gasteiger partial charge in [0, 0.05) is 16.4 Å². The van der Waals surface area contributed by atoms with E-state index in [4.69, 9.17) is 20.8 Å². The van der Waals surface area contributed by atoms with E-state index >= 15 is 0 Å². The van der Waals surface area contributed by atoms with Crippen LogP contribution in [0.1, 0.15) is 34.4 Å². The van der Waals surface area contributed by atoms with Crippen LogP contribution in [0.15, 0.2) is 47.1 Å². The van der Waals surface area contributed by atoms with Crippen molar-refractivity contribution in [3.05, 3.63) is 76.2 Å². The number of rotatable bonds is 6. The van der Waals surface area contributed by atoms with E-state index in [2.05, 4.69) is 5.32 Å². The Morgan fingerprint density at radius 3 is 2.69 bits per heavy atom. The molecule has 1 amide bonds. The fourth-order valence-electron chi connectivity index (χ4n) is 2.91. The number of nitrogens with one attached hydrogen (secondary N) is 1. The number of anilines is 1. The highest BCUT2D eigenvalue weighted by Gasteiger charge is 2.23. The van der Waals surface area contributed by atoms with Crippen molar-refractivity contribution < 1.29 is 23.1 Å². The summed E-state index contributed by atoms with van der Waals surface area (Å²) in [6.07, 6.45) is 0.466. The van der Waals surface area contributed by atoms with Gasteiger partial charge in [-0.1, -0.05) is 11.6 Å². The first-order valence-corrected chi connectivity index (χ1v) is 9.30. The van der Waals surface area contributed by atoms with Gasteiger partial charge in [0.2, 0.25) is 0 Å². The molecule has 0 fully saturated rings. The molecule has 152 valence electrons. The lowest BCUT2D eigenvalue weighted by Gasteiger charge is -2.14. The Hall–Kier alpha value is -3.06. The number of aromatic nitrogens is 1. The summed E-state index contributed by atoms with van der Waals surface area (Å²) in [7, 11) is 0. The summed E-state index contributed by atoms with van der Waals surface area (Å²) < 4.78 is 26.4. The molecule has 8 heteroatoms. The van der Waals surface area contributed by atoms with Gasteiger partial charge in [-0.15, -0.1) is 0 Å². The normalized spacial score (nSPS) is 11.9. The van der Waals surface area contributed by atoms with Gasteiger partial charge in [0.1, 0.15) is 11.6 Å². The Kier molecular flexibility index (Phi) is 6.08. The zero-order valence-corrected chi connectivity index (χ0v) is 16.9. The maximum atomic E-state index is 13.8. The van der Waals surface area contributed by atoms with Crippen LogP contribution in [0.5, 0.6) is 0 Å². The van der Waals surface area contributed by atoms with Crippen molar-refractivity contribution in [2.24, 2.45) is 0 Å². The van der Waals surface area contributed by atoms with Gasteiger partial charge in [-0.3, -0.25) is 4.79 Å². The van der Waals surface area contributed by atoms with Gasteiger partial charge in [0.15, 0.2) is 6.10 Å². The molecule has 0 saturated carbocycles. The number of nitrogens with zero attached hydrogens (tertiary/aromatic N) is 1. The van der Waals surface area contributed by atoms with Crippen molar-refractivity contribution in [3.63, 3.8) is 0 Å². The second kappa shape index (κ2) is 8.53. The number of furan rings is 1. The fourth-order valence-corrected chi connectivity index (χ4v) is 3.07. The zero-order valence-electron chi connectivity index (χ0n) is 16.2. The molecule has 3 rings (SSSR count). The smallest absolute Gasteiger partial charge is 0.340 e. The van der Waals surface area contributed by atoms with E-state index in [1.165, 1.54) is 19.1 Å². The van der Waals surface area contributed by atoms with Crippen LogP contribution in [-0.2, 0) is 16.1 Å². The number of esters is 1. The standard InChI is InChI=1S/C21H20ClFN2O4/c1-12-9-17(13(2)25(12)11-16-5-4-8-28-16)21(27)29-14(3)20(26)24-19-7-6-15(22)10-18(19)23/h4-10,14H,11H2,1-3H3,(H,24,26)/t14-/m0/s1. The molecular weight excluding hydrogens is 399 g/mol. The van der Waals surface area contributed by atoms with Crippen LogP contribution in [0, 0.1) is 19.7 Å². The van der Waals surface area contributed by atoms with Crippen LogP contribution in [0.4, 0.5) is 10.1 Å². The van der Waals surface area contributed by atoms with Crippen molar-refractivity contribution in [1.29, 1.82) is 0 Å². The third-order valence-corrected chi connectivity index (χ3v) is 4.76. The van der Waals surface area contributed by atoms with E-state index in [1.807, 2.05) is 17.6 Å². The van der Waals surface area contributed by atoms with Gasteiger partial charge in [0.25, 0.3) is 5.91 Å². The average molecular weight is 419 g/mol. The van der Waals surface area contributed by atoms with Gasteiger partial charge in [0.05, 0.1) is 24.1 Å². The first kappa shape index (κ1) is 20.7. The number of hydrogen-bond donors (Lipinski definition) is 1. The van der Waals surface area contributed by atoms with Crippen LogP contribution < -0.4 is 5.32 Å². The lowest BCUT2D eigenvalue weighted by atomic mass is 10.2. The van der Waals surface area contributed by atoms with Crippen molar-refractivity contribution in [2.45, 2.75) is 33.4 Å². The number of halogens is 2. The van der Waals surface area contributed by atoms with Gasteiger partial charge >= 0.3 is 5.97 Å². The zero-order chi connectivity index (χ0) is 21.1. The highest BCUT2D eigenvalue weighted by Crippen LogP contribution is 2.21. The second-order valence-electron chi connectivity index (χ2n) is 6.61. The van der Waals surface area contributed by atoms with Crippen LogP contribution in [0.3, 0.4) is 0 Å². The summed E-state index contributed by atoms with van der Waals surface area (Å²) in [5.41, 5.74) is 1.86. The summed E-state index contributed by atoms with van der Waals surface area (Å²) in [4.78, 5) is 24.9. The molecule has 0 radical (unpaired) electrons. The van der Waals surface area contributed by atoms with E-state index in [-0.39, 0.29) is 10.7 Å². The number of carbonyl (C=O) groups excluding carboxylic acids is 2. The van der Waals surface area contributed by atoms with E-state index in [0.717, 1.165) is 17.5 Å². The quantitative estimate of drug-likeness (QED) is 0.588. The fraction of sp³-hybridized carbons (Fsp3) is 0.238. The molecule has 0 aliphatic rings. The molecule has 0 aliphatic carbocycles. The highest BCUT2D eigenvalue weighted by molar-refractivity contribution is 6.30. The maximum Gasteiger partial charge on any atom is 0.340 e.